The number of carbonyl (C=O) groups is 3. The zero-order valence-electron chi connectivity index (χ0n) is 34.5. The van der Waals surface area contributed by atoms with Crippen molar-refractivity contribution in [2.24, 2.45) is 0 Å². The van der Waals surface area contributed by atoms with Gasteiger partial charge in [-0.25, -0.2) is 18.7 Å². The van der Waals surface area contributed by atoms with E-state index in [0.717, 1.165) is 93.4 Å². The third-order valence-corrected chi connectivity index (χ3v) is 13.1. The quantitative estimate of drug-likeness (QED) is 0.249. The predicted octanol–water partition coefficient (Wildman–Crippen LogP) is 4.20. The molecule has 1 N–H and O–H groups in total. The van der Waals surface area contributed by atoms with E-state index in [0.29, 0.717) is 62.7 Å². The van der Waals surface area contributed by atoms with E-state index >= 15 is 8.78 Å². The number of piperidine rings is 1. The topological polar surface area (TPSA) is 126 Å². The van der Waals surface area contributed by atoms with Crippen molar-refractivity contribution in [3.8, 4) is 0 Å². The zero-order valence-corrected chi connectivity index (χ0v) is 34.5. The molecule has 3 aromatic heterocycles. The van der Waals surface area contributed by atoms with Gasteiger partial charge in [0.05, 0.1) is 30.4 Å². The van der Waals surface area contributed by atoms with Gasteiger partial charge in [0.15, 0.2) is 5.82 Å². The number of amides is 3. The summed E-state index contributed by atoms with van der Waals surface area (Å²) in [5.74, 6) is -1.64. The summed E-state index contributed by atoms with van der Waals surface area (Å²) in [6.45, 7) is 11.4. The summed E-state index contributed by atoms with van der Waals surface area (Å²) in [7, 11) is 3.56. The van der Waals surface area contributed by atoms with Crippen LogP contribution >= 0.6 is 0 Å². The van der Waals surface area contributed by atoms with Crippen LogP contribution in [-0.4, -0.2) is 142 Å². The Morgan fingerprint density at radius 3 is 2.25 bits per heavy atom. The highest BCUT2D eigenvalue weighted by atomic mass is 19.1. The normalized spacial score (nSPS) is 20.7. The number of nitrogens with one attached hydrogen (secondary N) is 1. The Kier molecular flexibility index (Phi) is 11.0. The molecule has 16 heteroatoms. The minimum absolute atomic E-state index is 0.00191. The van der Waals surface area contributed by atoms with Crippen molar-refractivity contribution in [1.82, 2.24) is 44.4 Å². The number of anilines is 2. The second kappa shape index (κ2) is 16.5. The van der Waals surface area contributed by atoms with Gasteiger partial charge in [-0.05, 0) is 49.9 Å². The standard InChI is InChI=1S/C44H53F2N11O3/c1-28-8-11-36(42(58)49-28)56-27-34-33(43(56)59)24-35(45)40(39(34)46)55-20-16-53(17-21-55)13-12-52-14-18-54(19-15-52)32-10-9-30(47-26-32)23-38-48-25-29-22-37(44(60)51(2)3)57(41(29)50-38)31-6-4-5-7-31/h9-10,22,24-26,31,36H,1,4-8,11-21,23,27H2,2-3H3,(H,49,58). The fourth-order valence-electron chi connectivity index (χ4n) is 9.62. The first kappa shape index (κ1) is 40.0. The maximum Gasteiger partial charge on any atom is 0.270 e. The first-order chi connectivity index (χ1) is 29.0. The van der Waals surface area contributed by atoms with E-state index in [4.69, 9.17) is 9.97 Å². The summed E-state index contributed by atoms with van der Waals surface area (Å²) < 4.78 is 33.6. The first-order valence-electron chi connectivity index (χ1n) is 21.3. The van der Waals surface area contributed by atoms with E-state index in [1.165, 1.54) is 4.90 Å². The molecule has 1 saturated carbocycles. The molecule has 4 fully saturated rings. The predicted molar refractivity (Wildman–Crippen MR) is 224 cm³/mol. The minimum atomic E-state index is -0.746. The van der Waals surface area contributed by atoms with Gasteiger partial charge in [0, 0.05) is 114 Å². The van der Waals surface area contributed by atoms with Crippen molar-refractivity contribution in [2.75, 3.05) is 89.3 Å². The molecule has 1 aromatic carbocycles. The van der Waals surface area contributed by atoms with Gasteiger partial charge in [-0.2, -0.15) is 0 Å². The van der Waals surface area contributed by atoms with E-state index in [1.54, 1.807) is 23.9 Å². The average molecular weight is 822 g/mol. The molecular formula is C44H53F2N11O3. The number of hydrogen-bond donors (Lipinski definition) is 1. The molecule has 9 rings (SSSR count). The number of rotatable bonds is 10. The number of hydrogen-bond acceptors (Lipinski definition) is 10. The fourth-order valence-corrected chi connectivity index (χ4v) is 9.62. The molecule has 0 spiro atoms. The highest BCUT2D eigenvalue weighted by molar-refractivity contribution is 6.02. The van der Waals surface area contributed by atoms with Crippen molar-refractivity contribution in [2.45, 2.75) is 63.6 Å². The van der Waals surface area contributed by atoms with Crippen LogP contribution in [-0.2, 0) is 17.8 Å². The molecule has 60 heavy (non-hydrogen) atoms. The van der Waals surface area contributed by atoms with Crippen LogP contribution in [0.2, 0.25) is 0 Å². The van der Waals surface area contributed by atoms with Gasteiger partial charge in [-0.15, -0.1) is 0 Å². The van der Waals surface area contributed by atoms with Gasteiger partial charge in [0.25, 0.3) is 11.8 Å². The summed E-state index contributed by atoms with van der Waals surface area (Å²) in [6, 6.07) is 6.78. The number of nitrogens with zero attached hydrogens (tertiary/aromatic N) is 10. The second-order valence-electron chi connectivity index (χ2n) is 17.1. The average Bonchev–Trinajstić information content (AvgIpc) is 3.99. The molecule has 14 nitrogen and oxygen atoms in total. The lowest BCUT2D eigenvalue weighted by atomic mass is 10.0. The van der Waals surface area contributed by atoms with Crippen LogP contribution in [0.1, 0.15) is 82.5 Å². The molecule has 316 valence electrons. The van der Waals surface area contributed by atoms with Crippen LogP contribution < -0.4 is 15.1 Å². The number of piperazine rings is 2. The smallest absolute Gasteiger partial charge is 0.270 e. The van der Waals surface area contributed by atoms with E-state index in [2.05, 4.69) is 48.3 Å². The van der Waals surface area contributed by atoms with E-state index in [9.17, 15) is 14.4 Å². The molecule has 0 bridgehead atoms. The molecular weight excluding hydrogens is 769 g/mol. The van der Waals surface area contributed by atoms with Gasteiger partial charge >= 0.3 is 0 Å². The maximum atomic E-state index is 16.0. The fraction of sp³-hybridized carbons (Fsp3) is 0.500. The van der Waals surface area contributed by atoms with Crippen molar-refractivity contribution in [3.63, 3.8) is 0 Å². The Balaban J connectivity index is 0.750. The monoisotopic (exact) mass is 821 g/mol. The summed E-state index contributed by atoms with van der Waals surface area (Å²) in [4.78, 5) is 65.1. The molecule has 5 aliphatic rings. The van der Waals surface area contributed by atoms with Crippen molar-refractivity contribution >= 4 is 40.1 Å². The van der Waals surface area contributed by atoms with Crippen LogP contribution in [0.15, 0.2) is 48.9 Å². The lowest BCUT2D eigenvalue weighted by Gasteiger charge is -2.39. The van der Waals surface area contributed by atoms with Crippen LogP contribution in [0.3, 0.4) is 0 Å². The van der Waals surface area contributed by atoms with Crippen LogP contribution in [0, 0.1) is 11.6 Å². The lowest BCUT2D eigenvalue weighted by molar-refractivity contribution is -0.126. The number of benzene rings is 1. The lowest BCUT2D eigenvalue weighted by Crippen LogP contribution is -2.51. The van der Waals surface area contributed by atoms with Gasteiger partial charge in [-0.3, -0.25) is 29.2 Å². The maximum absolute atomic E-state index is 16.0. The van der Waals surface area contributed by atoms with Gasteiger partial charge in [-0.1, -0.05) is 19.4 Å². The zero-order chi connectivity index (χ0) is 41.7. The number of aromatic nitrogens is 4. The number of pyridine rings is 1. The Hall–Kier alpha value is -5.48. The Morgan fingerprint density at radius 1 is 0.900 bits per heavy atom. The van der Waals surface area contributed by atoms with Crippen molar-refractivity contribution in [3.05, 3.63) is 88.9 Å². The number of allylic oxidation sites excluding steroid dienone is 1. The molecule has 3 amide bonds. The largest absolute Gasteiger partial charge is 0.368 e. The second-order valence-corrected chi connectivity index (χ2v) is 17.1. The number of fused-ring (bicyclic) bond motifs is 2. The molecule has 1 unspecified atom stereocenters. The summed E-state index contributed by atoms with van der Waals surface area (Å²) >= 11 is 0. The molecule has 7 heterocycles. The SMILES string of the molecule is C=C1CCC(N2Cc3c(cc(F)c(N4CCN(CCN5CCN(c6ccc(Cc7ncc8cc(C(=O)N(C)C)n(C9CCCC9)c8n7)nc6)CC5)CC4)c3F)C2=O)C(=O)N1. The van der Waals surface area contributed by atoms with E-state index in [1.807, 2.05) is 18.5 Å². The van der Waals surface area contributed by atoms with Crippen molar-refractivity contribution < 1.29 is 23.2 Å². The van der Waals surface area contributed by atoms with E-state index in [-0.39, 0.29) is 41.2 Å². The van der Waals surface area contributed by atoms with Crippen LogP contribution in [0.4, 0.5) is 20.2 Å². The van der Waals surface area contributed by atoms with Gasteiger partial charge in [0.1, 0.15) is 34.7 Å². The Bertz CT molecular complexity index is 2310. The third kappa shape index (κ3) is 7.70. The summed E-state index contributed by atoms with van der Waals surface area (Å²) in [6.07, 6.45) is 9.61. The van der Waals surface area contributed by atoms with Crippen LogP contribution in [0.25, 0.3) is 11.0 Å². The van der Waals surface area contributed by atoms with Crippen LogP contribution in [0.5, 0.6) is 0 Å². The highest BCUT2D eigenvalue weighted by Gasteiger charge is 2.41. The van der Waals surface area contributed by atoms with E-state index < -0.39 is 23.6 Å². The first-order valence-corrected chi connectivity index (χ1v) is 21.3. The van der Waals surface area contributed by atoms with Crippen molar-refractivity contribution in [1.29, 1.82) is 0 Å². The molecule has 3 saturated heterocycles. The molecule has 1 atom stereocenters. The Labute approximate surface area is 348 Å². The molecule has 4 aliphatic heterocycles. The molecule has 4 aromatic rings. The number of carbonyl (C=O) groups excluding carboxylic acids is 3. The molecule has 0 radical (unpaired) electrons. The summed E-state index contributed by atoms with van der Waals surface area (Å²) in [5, 5.41) is 3.57. The Morgan fingerprint density at radius 2 is 1.60 bits per heavy atom. The highest BCUT2D eigenvalue weighted by Crippen LogP contribution is 2.37. The molecule has 1 aliphatic carbocycles. The van der Waals surface area contributed by atoms with Gasteiger partial charge < -0.3 is 29.5 Å². The van der Waals surface area contributed by atoms with Gasteiger partial charge in [0.2, 0.25) is 5.91 Å². The number of halogens is 2. The summed E-state index contributed by atoms with van der Waals surface area (Å²) in [5.41, 5.74) is 4.13. The minimum Gasteiger partial charge on any atom is -0.368 e. The third-order valence-electron chi connectivity index (χ3n) is 13.1.